The van der Waals surface area contributed by atoms with E-state index in [1.165, 1.54) is 33.5 Å². The minimum Gasteiger partial charge on any atom is -0.395 e. The molecule has 1 saturated heterocycles. The van der Waals surface area contributed by atoms with Gasteiger partial charge in [0.2, 0.25) is 0 Å². The number of thiophene rings is 1. The second-order valence-electron chi connectivity index (χ2n) is 6.18. The minimum absolute atomic E-state index is 0.259. The van der Waals surface area contributed by atoms with Crippen LogP contribution in [0.25, 0.3) is 21.3 Å². The molecule has 0 bridgehead atoms. The number of hydrogen-bond donors (Lipinski definition) is 3. The molecule has 1 atom stereocenters. The number of hydrogen-bond acceptors (Lipinski definition) is 4. The number of nitrogens with one attached hydrogen (secondary N) is 1. The van der Waals surface area contributed by atoms with Crippen molar-refractivity contribution in [2.75, 3.05) is 13.2 Å². The number of thiol groups is 1. The molecule has 2 aromatic heterocycles. The van der Waals surface area contributed by atoms with Crippen LogP contribution in [0.3, 0.4) is 0 Å². The lowest BCUT2D eigenvalue weighted by molar-refractivity contribution is 0.152. The summed E-state index contributed by atoms with van der Waals surface area (Å²) in [6.45, 7) is 2.22. The average Bonchev–Trinajstić information content (AvgIpc) is 3.25. The van der Waals surface area contributed by atoms with Crippen molar-refractivity contribution >= 4 is 34.9 Å². The molecule has 0 spiro atoms. The van der Waals surface area contributed by atoms with Crippen molar-refractivity contribution < 1.29 is 5.11 Å². The monoisotopic (exact) mass is 344 g/mol. The fourth-order valence-corrected chi connectivity index (χ4v) is 4.55. The van der Waals surface area contributed by atoms with Crippen molar-refractivity contribution in [3.63, 3.8) is 0 Å². The Morgan fingerprint density at radius 3 is 2.96 bits per heavy atom. The summed E-state index contributed by atoms with van der Waals surface area (Å²) >= 11 is 6.11. The number of fused-ring (bicyclic) bond motifs is 1. The second-order valence-corrected chi connectivity index (χ2v) is 8.05. The zero-order chi connectivity index (χ0) is 15.8. The molecule has 5 heteroatoms. The zero-order valence-corrected chi connectivity index (χ0v) is 14.5. The highest BCUT2D eigenvalue weighted by Gasteiger charge is 2.23. The summed E-state index contributed by atoms with van der Waals surface area (Å²) in [7, 11) is 0. The molecule has 4 rings (SSSR count). The fourth-order valence-electron chi connectivity index (χ4n) is 3.44. The summed E-state index contributed by atoms with van der Waals surface area (Å²) in [5.41, 5.74) is 3.63. The summed E-state index contributed by atoms with van der Waals surface area (Å²) in [6.07, 6.45) is 2.28. The number of likely N-dealkylation sites (tertiary alicyclic amines) is 1. The highest BCUT2D eigenvalue weighted by molar-refractivity contribution is 7.83. The summed E-state index contributed by atoms with van der Waals surface area (Å²) in [4.78, 5) is 7.14. The summed E-state index contributed by atoms with van der Waals surface area (Å²) in [6, 6.07) is 13.3. The van der Waals surface area contributed by atoms with Crippen LogP contribution in [0.15, 0.2) is 40.6 Å². The van der Waals surface area contributed by atoms with E-state index in [1.807, 2.05) is 6.07 Å². The molecule has 23 heavy (non-hydrogen) atoms. The molecule has 1 fully saturated rings. The van der Waals surface area contributed by atoms with E-state index in [-0.39, 0.29) is 6.61 Å². The molecule has 3 aromatic rings. The van der Waals surface area contributed by atoms with Gasteiger partial charge in [0.05, 0.1) is 10.8 Å². The number of rotatable bonds is 4. The molecule has 120 valence electrons. The Bertz CT molecular complexity index is 823. The van der Waals surface area contributed by atoms with Gasteiger partial charge in [0.1, 0.15) is 0 Å². The van der Waals surface area contributed by atoms with Crippen LogP contribution >= 0.6 is 24.0 Å². The maximum absolute atomic E-state index is 9.46. The molecule has 3 heterocycles. The van der Waals surface area contributed by atoms with Gasteiger partial charge >= 0.3 is 0 Å². The largest absolute Gasteiger partial charge is 0.395 e. The Labute approximate surface area is 145 Å². The van der Waals surface area contributed by atoms with E-state index in [4.69, 9.17) is 0 Å². The van der Waals surface area contributed by atoms with E-state index in [1.54, 1.807) is 11.3 Å². The Kier molecular flexibility index (Phi) is 4.20. The molecule has 1 aliphatic rings. The molecule has 1 aromatic carbocycles. The maximum Gasteiger partial charge on any atom is 0.0587 e. The van der Waals surface area contributed by atoms with Gasteiger partial charge in [0.15, 0.2) is 0 Å². The average molecular weight is 345 g/mol. The van der Waals surface area contributed by atoms with Gasteiger partial charge in [0, 0.05) is 34.1 Å². The van der Waals surface area contributed by atoms with Crippen molar-refractivity contribution in [3.8, 4) is 10.4 Å². The molecule has 2 N–H and O–H groups in total. The molecule has 0 aliphatic carbocycles. The van der Waals surface area contributed by atoms with Crippen molar-refractivity contribution in [1.82, 2.24) is 9.88 Å². The van der Waals surface area contributed by atoms with Crippen LogP contribution in [0.2, 0.25) is 0 Å². The first-order valence-corrected chi connectivity index (χ1v) is 9.25. The lowest BCUT2D eigenvalue weighted by atomic mass is 10.1. The van der Waals surface area contributed by atoms with Crippen molar-refractivity contribution in [1.29, 1.82) is 0 Å². The molecule has 1 unspecified atom stereocenters. The van der Waals surface area contributed by atoms with Gasteiger partial charge in [-0.2, -0.15) is 0 Å². The van der Waals surface area contributed by atoms with Crippen LogP contribution < -0.4 is 0 Å². The normalized spacial score (nSPS) is 19.0. The molecular weight excluding hydrogens is 324 g/mol. The SMILES string of the molecule is OCC1CCCN1Cc1cc2cc(-c3ccc(S)s3)ccc2[nH]1. The Hall–Kier alpha value is -1.27. The van der Waals surface area contributed by atoms with Crippen molar-refractivity contribution in [2.45, 2.75) is 29.6 Å². The first-order valence-electron chi connectivity index (χ1n) is 7.98. The number of aliphatic hydroxyl groups is 1. The number of aliphatic hydroxyl groups excluding tert-OH is 1. The maximum atomic E-state index is 9.46. The molecule has 1 aliphatic heterocycles. The summed E-state index contributed by atoms with van der Waals surface area (Å²) in [5.74, 6) is 0. The molecule has 3 nitrogen and oxygen atoms in total. The third-order valence-corrected chi connectivity index (χ3v) is 6.00. The lowest BCUT2D eigenvalue weighted by Crippen LogP contribution is -2.31. The smallest absolute Gasteiger partial charge is 0.0587 e. The van der Waals surface area contributed by atoms with E-state index in [2.05, 4.69) is 52.8 Å². The van der Waals surface area contributed by atoms with Gasteiger partial charge in [-0.05, 0) is 55.3 Å². The summed E-state index contributed by atoms with van der Waals surface area (Å²) < 4.78 is 1.04. The van der Waals surface area contributed by atoms with Crippen LogP contribution in [0, 0.1) is 0 Å². The first-order chi connectivity index (χ1) is 11.2. The van der Waals surface area contributed by atoms with Gasteiger partial charge in [-0.15, -0.1) is 24.0 Å². The van der Waals surface area contributed by atoms with Gasteiger partial charge in [0.25, 0.3) is 0 Å². The Morgan fingerprint density at radius 1 is 1.26 bits per heavy atom. The Morgan fingerprint density at radius 2 is 2.17 bits per heavy atom. The predicted octanol–water partition coefficient (Wildman–Crippen LogP) is 4.14. The molecule has 0 amide bonds. The van der Waals surface area contributed by atoms with E-state index in [0.29, 0.717) is 6.04 Å². The molecular formula is C18H20N2OS2. The quantitative estimate of drug-likeness (QED) is 0.623. The highest BCUT2D eigenvalue weighted by atomic mass is 32.2. The third kappa shape index (κ3) is 3.06. The fraction of sp³-hybridized carbons (Fsp3) is 0.333. The van der Waals surface area contributed by atoms with Crippen LogP contribution in [0.1, 0.15) is 18.5 Å². The van der Waals surface area contributed by atoms with Gasteiger partial charge in [-0.3, -0.25) is 4.90 Å². The van der Waals surface area contributed by atoms with Gasteiger partial charge in [-0.1, -0.05) is 6.07 Å². The van der Waals surface area contributed by atoms with Crippen LogP contribution in [-0.4, -0.2) is 34.2 Å². The predicted molar refractivity (Wildman–Crippen MR) is 99.4 cm³/mol. The summed E-state index contributed by atoms with van der Waals surface area (Å²) in [5, 5.41) is 10.7. The van der Waals surface area contributed by atoms with Crippen LogP contribution in [0.5, 0.6) is 0 Å². The van der Waals surface area contributed by atoms with E-state index in [0.717, 1.165) is 23.7 Å². The minimum atomic E-state index is 0.259. The number of H-pyrrole nitrogens is 1. The number of benzene rings is 1. The molecule has 0 radical (unpaired) electrons. The van der Waals surface area contributed by atoms with Crippen LogP contribution in [0.4, 0.5) is 0 Å². The number of nitrogens with zero attached hydrogens (tertiary/aromatic N) is 1. The van der Waals surface area contributed by atoms with E-state index < -0.39 is 0 Å². The number of aromatic amines is 1. The van der Waals surface area contributed by atoms with Crippen molar-refractivity contribution in [2.24, 2.45) is 0 Å². The third-order valence-electron chi connectivity index (χ3n) is 4.64. The van der Waals surface area contributed by atoms with Gasteiger partial charge < -0.3 is 10.1 Å². The topological polar surface area (TPSA) is 39.3 Å². The second kappa shape index (κ2) is 6.32. The van der Waals surface area contributed by atoms with Gasteiger partial charge in [-0.25, -0.2) is 0 Å². The first kappa shape index (κ1) is 15.3. The lowest BCUT2D eigenvalue weighted by Gasteiger charge is -2.21. The van der Waals surface area contributed by atoms with E-state index >= 15 is 0 Å². The highest BCUT2D eigenvalue weighted by Crippen LogP contribution is 2.32. The van der Waals surface area contributed by atoms with Crippen molar-refractivity contribution in [3.05, 3.63) is 42.1 Å². The Balaban J connectivity index is 1.60. The molecule has 0 saturated carbocycles. The zero-order valence-electron chi connectivity index (χ0n) is 12.8. The van der Waals surface area contributed by atoms with Crippen LogP contribution in [-0.2, 0) is 6.54 Å². The number of aromatic nitrogens is 1. The van der Waals surface area contributed by atoms with E-state index in [9.17, 15) is 5.11 Å². The standard InChI is InChI=1S/C18H20N2OS2/c21-11-15-2-1-7-20(15)10-14-9-13-8-12(3-4-16(13)19-14)17-5-6-18(22)23-17/h3-6,8-9,15,19,21-22H,1-2,7,10-11H2.